The Morgan fingerprint density at radius 1 is 0.977 bits per heavy atom. The summed E-state index contributed by atoms with van der Waals surface area (Å²) in [5.74, 6) is -0.876. The Morgan fingerprint density at radius 3 is 2.00 bits per heavy atom. The summed E-state index contributed by atoms with van der Waals surface area (Å²) in [7, 11) is -3.82. The van der Waals surface area contributed by atoms with Crippen molar-refractivity contribution >= 4 is 36.4 Å². The molecule has 2 aliphatic rings. The van der Waals surface area contributed by atoms with Crippen molar-refractivity contribution in [2.24, 2.45) is 0 Å². The molecule has 0 saturated carbocycles. The van der Waals surface area contributed by atoms with Crippen molar-refractivity contribution in [2.45, 2.75) is 96.2 Å². The molecule has 0 radical (unpaired) electrons. The average molecular weight is 626 g/mol. The van der Waals surface area contributed by atoms with Crippen molar-refractivity contribution in [3.8, 4) is 0 Å². The molecule has 0 spiro atoms. The number of aromatic nitrogens is 4. The Kier molecular flexibility index (Phi) is 10.8. The molecular weight excluding hydrogens is 581 g/mol. The molecule has 0 aromatic carbocycles. The van der Waals surface area contributed by atoms with Crippen LogP contribution in [0.1, 0.15) is 60.3 Å². The number of imidazole rings is 1. The number of carbonyl (C=O) groups excluding carboxylic acids is 2. The van der Waals surface area contributed by atoms with Gasteiger partial charge in [-0.1, -0.05) is 0 Å². The molecule has 0 bridgehead atoms. The fraction of sp³-hybridized carbons (Fsp3) is 0.741. The van der Waals surface area contributed by atoms with Gasteiger partial charge in [0.15, 0.2) is 11.5 Å². The zero-order valence-electron chi connectivity index (χ0n) is 25.5. The zero-order chi connectivity index (χ0) is 31.3. The van der Waals surface area contributed by atoms with Crippen molar-refractivity contribution < 1.29 is 37.8 Å². The average Bonchev–Trinajstić information content (AvgIpc) is 3.36. The van der Waals surface area contributed by atoms with E-state index in [1.807, 2.05) is 0 Å². The van der Waals surface area contributed by atoms with E-state index in [4.69, 9.17) is 29.4 Å². The molecule has 4 heterocycles. The first-order valence-electron chi connectivity index (χ1n) is 14.6. The van der Waals surface area contributed by atoms with E-state index in [0.717, 1.165) is 0 Å². The minimum Gasteiger partial charge on any atom is -0.461 e. The third-order valence-corrected chi connectivity index (χ3v) is 9.60. The molecule has 240 valence electrons. The van der Waals surface area contributed by atoms with Crippen LogP contribution in [0.15, 0.2) is 12.7 Å². The van der Waals surface area contributed by atoms with Gasteiger partial charge in [0, 0.05) is 25.7 Å². The van der Waals surface area contributed by atoms with E-state index in [0.29, 0.717) is 69.8 Å². The lowest BCUT2D eigenvalue weighted by molar-refractivity contribution is -0.159. The van der Waals surface area contributed by atoms with Gasteiger partial charge in [0.25, 0.3) is 0 Å². The summed E-state index contributed by atoms with van der Waals surface area (Å²) in [6, 6.07) is 0. The van der Waals surface area contributed by atoms with Gasteiger partial charge in [0.1, 0.15) is 41.5 Å². The Balaban J connectivity index is 1.47. The van der Waals surface area contributed by atoms with E-state index in [9.17, 15) is 14.2 Å². The first-order valence-corrected chi connectivity index (χ1v) is 16.5. The highest BCUT2D eigenvalue weighted by atomic mass is 31.2. The third kappa shape index (κ3) is 8.93. The number of fused-ring (bicyclic) bond motifs is 1. The first kappa shape index (κ1) is 33.2. The van der Waals surface area contributed by atoms with Crippen molar-refractivity contribution in [1.29, 1.82) is 0 Å². The number of hydrogen-bond donors (Lipinski definition) is 3. The Hall–Kier alpha value is -2.68. The van der Waals surface area contributed by atoms with Crippen LogP contribution < -0.4 is 15.9 Å². The molecule has 2 aromatic heterocycles. The van der Waals surface area contributed by atoms with Gasteiger partial charge >= 0.3 is 11.9 Å². The van der Waals surface area contributed by atoms with Crippen LogP contribution in [0.25, 0.3) is 11.2 Å². The highest BCUT2D eigenvalue weighted by molar-refractivity contribution is 7.59. The second-order valence-corrected chi connectivity index (χ2v) is 14.3. The maximum Gasteiger partial charge on any atom is 0.326 e. The van der Waals surface area contributed by atoms with Crippen molar-refractivity contribution in [3.63, 3.8) is 0 Å². The van der Waals surface area contributed by atoms with Gasteiger partial charge in [0.05, 0.1) is 45.4 Å². The maximum atomic E-state index is 14.5. The molecule has 0 unspecified atom stereocenters. The lowest BCUT2D eigenvalue weighted by atomic mass is 10.1. The monoisotopic (exact) mass is 625 g/mol. The number of rotatable bonds is 13. The third-order valence-electron chi connectivity index (χ3n) is 7.25. The highest BCUT2D eigenvalue weighted by Gasteiger charge is 2.44. The van der Waals surface area contributed by atoms with E-state index in [2.05, 4.69) is 25.1 Å². The number of nitrogens with two attached hydrogens (primary N) is 1. The van der Waals surface area contributed by atoms with Crippen LogP contribution >= 0.6 is 7.44 Å². The largest absolute Gasteiger partial charge is 0.461 e. The predicted octanol–water partition coefficient (Wildman–Crippen LogP) is 2.15. The summed E-state index contributed by atoms with van der Waals surface area (Å²) in [5, 5.41) is 5.91. The molecule has 4 N–H and O–H groups in total. The lowest BCUT2D eigenvalue weighted by Gasteiger charge is -2.37. The van der Waals surface area contributed by atoms with E-state index in [1.165, 1.54) is 6.33 Å². The van der Waals surface area contributed by atoms with Crippen LogP contribution in [0, 0.1) is 0 Å². The van der Waals surface area contributed by atoms with Crippen LogP contribution in [-0.4, -0.2) is 93.6 Å². The second-order valence-electron chi connectivity index (χ2n) is 12.1. The van der Waals surface area contributed by atoms with Gasteiger partial charge in [-0.05, 0) is 34.6 Å². The SMILES string of the molecule is C[C@H](Cn1cnc2c(N)ncnc21)OCP(=O)(NC(C)(C)C(=O)OC1CCOCC1)NC(C)(C)C(=O)OC1CCOCC1. The molecule has 0 amide bonds. The topological polar surface area (TPSA) is 191 Å². The minimum absolute atomic E-state index is 0.264. The number of carbonyl (C=O) groups is 2. The summed E-state index contributed by atoms with van der Waals surface area (Å²) in [4.78, 5) is 38.9. The zero-order valence-corrected chi connectivity index (χ0v) is 26.4. The Bertz CT molecular complexity index is 1260. The van der Waals surface area contributed by atoms with Crippen LogP contribution in [0.3, 0.4) is 0 Å². The first-order chi connectivity index (χ1) is 20.3. The molecule has 1 atom stereocenters. The van der Waals surface area contributed by atoms with Crippen molar-refractivity contribution in [2.75, 3.05) is 38.5 Å². The van der Waals surface area contributed by atoms with E-state index in [-0.39, 0.29) is 24.4 Å². The number of nitrogens with zero attached hydrogens (tertiary/aromatic N) is 4. The maximum absolute atomic E-state index is 14.5. The van der Waals surface area contributed by atoms with E-state index < -0.39 is 36.6 Å². The number of ether oxygens (including phenoxy) is 5. The standard InChI is InChI=1S/C27H44N7O8P/c1-18(14-34-16-31-21-22(28)29-15-30-23(21)34)40-17-43(37,32-26(2,3)24(35)41-19-6-10-38-11-7-19)33-27(4,5)25(36)42-20-8-12-39-13-9-20/h15-16,18-20H,6-14,17H2,1-5H3,(H2,28,29,30)(H2,32,33,37)/t18-/m1/s1. The lowest BCUT2D eigenvalue weighted by Crippen LogP contribution is -2.55. The van der Waals surface area contributed by atoms with Gasteiger partial charge in [0.2, 0.25) is 7.44 Å². The van der Waals surface area contributed by atoms with Crippen LogP contribution in [0.4, 0.5) is 5.82 Å². The molecule has 0 aliphatic carbocycles. The normalized spacial score (nSPS) is 18.4. The summed E-state index contributed by atoms with van der Waals surface area (Å²) in [5.41, 5.74) is 4.14. The van der Waals surface area contributed by atoms with Gasteiger partial charge < -0.3 is 34.0 Å². The van der Waals surface area contributed by atoms with Crippen LogP contribution in [0.5, 0.6) is 0 Å². The van der Waals surface area contributed by atoms with Crippen molar-refractivity contribution in [3.05, 3.63) is 12.7 Å². The van der Waals surface area contributed by atoms with Gasteiger partial charge in [-0.3, -0.25) is 14.2 Å². The molecule has 2 aromatic rings. The smallest absolute Gasteiger partial charge is 0.326 e. The van der Waals surface area contributed by atoms with E-state index in [1.54, 1.807) is 45.5 Å². The molecule has 4 rings (SSSR count). The molecule has 2 fully saturated rings. The number of nitrogens with one attached hydrogen (secondary N) is 2. The molecular formula is C27H44N7O8P. The molecule has 15 nitrogen and oxygen atoms in total. The summed E-state index contributed by atoms with van der Waals surface area (Å²) < 4.78 is 44.5. The summed E-state index contributed by atoms with van der Waals surface area (Å²) in [6.45, 7) is 10.5. The number of hydrogen-bond acceptors (Lipinski definition) is 12. The molecule has 43 heavy (non-hydrogen) atoms. The Labute approximate surface area is 251 Å². The minimum atomic E-state index is -3.82. The summed E-state index contributed by atoms with van der Waals surface area (Å²) >= 11 is 0. The molecule has 2 aliphatic heterocycles. The van der Waals surface area contributed by atoms with Crippen molar-refractivity contribution in [1.82, 2.24) is 29.7 Å². The van der Waals surface area contributed by atoms with Crippen LogP contribution in [-0.2, 0) is 44.4 Å². The fourth-order valence-electron chi connectivity index (χ4n) is 4.87. The number of anilines is 1. The quantitative estimate of drug-likeness (QED) is 0.217. The molecule has 16 heteroatoms. The van der Waals surface area contributed by atoms with Gasteiger partial charge in [-0.25, -0.2) is 25.1 Å². The van der Waals surface area contributed by atoms with E-state index >= 15 is 0 Å². The molecule has 2 saturated heterocycles. The predicted molar refractivity (Wildman–Crippen MR) is 157 cm³/mol. The van der Waals surface area contributed by atoms with Gasteiger partial charge in [-0.2, -0.15) is 0 Å². The second kappa shape index (κ2) is 14.0. The number of nitrogen functional groups attached to an aromatic ring is 1. The van der Waals surface area contributed by atoms with Gasteiger partial charge in [-0.15, -0.1) is 0 Å². The summed E-state index contributed by atoms with van der Waals surface area (Å²) in [6.07, 6.45) is 3.88. The highest BCUT2D eigenvalue weighted by Crippen LogP contribution is 2.42. The Morgan fingerprint density at radius 2 is 1.49 bits per heavy atom. The number of esters is 2. The fourth-order valence-corrected chi connectivity index (χ4v) is 7.50. The van der Waals surface area contributed by atoms with Crippen LogP contribution in [0.2, 0.25) is 0 Å².